The van der Waals surface area contributed by atoms with Gasteiger partial charge in [-0.15, -0.1) is 0 Å². The van der Waals surface area contributed by atoms with Crippen LogP contribution in [0.5, 0.6) is 0 Å². The third kappa shape index (κ3) is 2.46. The Balaban J connectivity index is 2.04. The van der Waals surface area contributed by atoms with Gasteiger partial charge in [0.25, 0.3) is 0 Å². The van der Waals surface area contributed by atoms with Gasteiger partial charge in [0.15, 0.2) is 0 Å². The Morgan fingerprint density at radius 3 is 2.50 bits per heavy atom. The fourth-order valence-electron chi connectivity index (χ4n) is 1.70. The Labute approximate surface area is 74.9 Å². The molecule has 0 unspecified atom stereocenters. The lowest BCUT2D eigenvalue weighted by Crippen LogP contribution is -2.34. The van der Waals surface area contributed by atoms with Crippen molar-refractivity contribution in [3.8, 4) is 0 Å². The van der Waals surface area contributed by atoms with Gasteiger partial charge in [0.2, 0.25) is 0 Å². The van der Waals surface area contributed by atoms with Gasteiger partial charge in [0.1, 0.15) is 0 Å². The van der Waals surface area contributed by atoms with Crippen LogP contribution in [-0.4, -0.2) is 24.9 Å². The lowest BCUT2D eigenvalue weighted by atomic mass is 9.67. The van der Waals surface area contributed by atoms with E-state index in [0.29, 0.717) is 6.61 Å². The summed E-state index contributed by atoms with van der Waals surface area (Å²) >= 11 is 0. The minimum Gasteiger partial charge on any atom is -0.396 e. The quantitative estimate of drug-likeness (QED) is 0.621. The Morgan fingerprint density at radius 1 is 1.33 bits per heavy atom. The first-order valence-corrected chi connectivity index (χ1v) is 5.01. The molecule has 2 nitrogen and oxygen atoms in total. The SMILES string of the molecule is CCCOCCC1(CO)CCC1. The topological polar surface area (TPSA) is 29.5 Å². The molecule has 1 N–H and O–H groups in total. The molecule has 0 bridgehead atoms. The van der Waals surface area contributed by atoms with E-state index < -0.39 is 0 Å². The van der Waals surface area contributed by atoms with Crippen molar-refractivity contribution >= 4 is 0 Å². The van der Waals surface area contributed by atoms with Crippen LogP contribution < -0.4 is 0 Å². The predicted molar refractivity (Wildman–Crippen MR) is 49.1 cm³/mol. The summed E-state index contributed by atoms with van der Waals surface area (Å²) in [6.07, 6.45) is 5.81. The molecule has 1 aliphatic carbocycles. The normalized spacial score (nSPS) is 20.5. The largest absolute Gasteiger partial charge is 0.396 e. The van der Waals surface area contributed by atoms with Crippen LogP contribution in [0.15, 0.2) is 0 Å². The van der Waals surface area contributed by atoms with E-state index in [-0.39, 0.29) is 5.41 Å². The second-order valence-corrected chi connectivity index (χ2v) is 3.87. The van der Waals surface area contributed by atoms with Crippen molar-refractivity contribution in [3.05, 3.63) is 0 Å². The Bertz CT molecular complexity index is 113. The molecular formula is C10H20O2. The molecule has 0 aromatic heterocycles. The van der Waals surface area contributed by atoms with Crippen LogP contribution in [0.4, 0.5) is 0 Å². The van der Waals surface area contributed by atoms with E-state index in [9.17, 15) is 0 Å². The number of ether oxygens (including phenoxy) is 1. The fourth-order valence-corrected chi connectivity index (χ4v) is 1.70. The van der Waals surface area contributed by atoms with Crippen molar-refractivity contribution in [1.82, 2.24) is 0 Å². The molecule has 1 rings (SSSR count). The van der Waals surface area contributed by atoms with Crippen LogP contribution in [0.25, 0.3) is 0 Å². The van der Waals surface area contributed by atoms with Crippen molar-refractivity contribution < 1.29 is 9.84 Å². The third-order valence-corrected chi connectivity index (χ3v) is 2.87. The molecule has 72 valence electrons. The van der Waals surface area contributed by atoms with Crippen molar-refractivity contribution in [3.63, 3.8) is 0 Å². The summed E-state index contributed by atoms with van der Waals surface area (Å²) in [5.74, 6) is 0. The average Bonchev–Trinajstić information content (AvgIpc) is 2.02. The standard InChI is InChI=1S/C10H20O2/c1-2-7-12-8-6-10(9-11)4-3-5-10/h11H,2-9H2,1H3. The summed E-state index contributed by atoms with van der Waals surface area (Å²) in [5.41, 5.74) is 0.244. The zero-order valence-corrected chi connectivity index (χ0v) is 8.01. The molecule has 0 aliphatic heterocycles. The molecule has 0 radical (unpaired) electrons. The summed E-state index contributed by atoms with van der Waals surface area (Å²) in [4.78, 5) is 0. The summed E-state index contributed by atoms with van der Waals surface area (Å²) < 4.78 is 5.40. The van der Waals surface area contributed by atoms with Crippen LogP contribution in [0, 0.1) is 5.41 Å². The van der Waals surface area contributed by atoms with Crippen LogP contribution >= 0.6 is 0 Å². The van der Waals surface area contributed by atoms with Gasteiger partial charge >= 0.3 is 0 Å². The maximum absolute atomic E-state index is 9.14. The summed E-state index contributed by atoms with van der Waals surface area (Å²) in [6, 6.07) is 0. The van der Waals surface area contributed by atoms with E-state index in [0.717, 1.165) is 26.1 Å². The maximum Gasteiger partial charge on any atom is 0.0488 e. The van der Waals surface area contributed by atoms with Gasteiger partial charge < -0.3 is 9.84 Å². The van der Waals surface area contributed by atoms with Gasteiger partial charge in [-0.2, -0.15) is 0 Å². The van der Waals surface area contributed by atoms with E-state index in [1.54, 1.807) is 0 Å². The molecule has 1 saturated carbocycles. The summed E-state index contributed by atoms with van der Waals surface area (Å²) in [5, 5.41) is 9.14. The lowest BCUT2D eigenvalue weighted by Gasteiger charge is -2.40. The molecule has 0 spiro atoms. The monoisotopic (exact) mass is 172 g/mol. The van der Waals surface area contributed by atoms with Crippen molar-refractivity contribution in [1.29, 1.82) is 0 Å². The Kier molecular flexibility index (Phi) is 4.02. The minimum absolute atomic E-state index is 0.244. The highest BCUT2D eigenvalue weighted by molar-refractivity contribution is 4.86. The van der Waals surface area contributed by atoms with Gasteiger partial charge in [-0.1, -0.05) is 13.3 Å². The predicted octanol–water partition coefficient (Wildman–Crippen LogP) is 1.97. The van der Waals surface area contributed by atoms with Gasteiger partial charge in [0, 0.05) is 19.8 Å². The lowest BCUT2D eigenvalue weighted by molar-refractivity contribution is 0.00383. The molecule has 0 aromatic rings. The van der Waals surface area contributed by atoms with Gasteiger partial charge in [0.05, 0.1) is 0 Å². The first-order chi connectivity index (χ1) is 5.83. The average molecular weight is 172 g/mol. The number of aliphatic hydroxyl groups excluding tert-OH is 1. The molecule has 0 saturated heterocycles. The minimum atomic E-state index is 0.244. The van der Waals surface area contributed by atoms with Crippen molar-refractivity contribution in [2.75, 3.05) is 19.8 Å². The first-order valence-electron chi connectivity index (χ1n) is 5.01. The fraction of sp³-hybridized carbons (Fsp3) is 1.00. The van der Waals surface area contributed by atoms with Crippen LogP contribution in [0.2, 0.25) is 0 Å². The molecular weight excluding hydrogens is 152 g/mol. The molecule has 0 aromatic carbocycles. The smallest absolute Gasteiger partial charge is 0.0488 e. The molecule has 0 atom stereocenters. The maximum atomic E-state index is 9.14. The third-order valence-electron chi connectivity index (χ3n) is 2.87. The van der Waals surface area contributed by atoms with E-state index in [1.807, 2.05) is 0 Å². The Hall–Kier alpha value is -0.0800. The van der Waals surface area contributed by atoms with Gasteiger partial charge in [-0.3, -0.25) is 0 Å². The summed E-state index contributed by atoms with van der Waals surface area (Å²) in [7, 11) is 0. The molecule has 1 fully saturated rings. The van der Waals surface area contributed by atoms with Crippen molar-refractivity contribution in [2.24, 2.45) is 5.41 Å². The number of hydrogen-bond acceptors (Lipinski definition) is 2. The number of aliphatic hydroxyl groups is 1. The van der Waals surface area contributed by atoms with E-state index in [2.05, 4.69) is 6.92 Å². The van der Waals surface area contributed by atoms with Gasteiger partial charge in [-0.05, 0) is 31.1 Å². The van der Waals surface area contributed by atoms with E-state index in [1.165, 1.54) is 19.3 Å². The summed E-state index contributed by atoms with van der Waals surface area (Å²) in [6.45, 7) is 4.16. The number of hydrogen-bond donors (Lipinski definition) is 1. The van der Waals surface area contributed by atoms with Gasteiger partial charge in [-0.25, -0.2) is 0 Å². The highest BCUT2D eigenvalue weighted by Crippen LogP contribution is 2.43. The molecule has 12 heavy (non-hydrogen) atoms. The molecule has 0 heterocycles. The van der Waals surface area contributed by atoms with Crippen LogP contribution in [-0.2, 0) is 4.74 Å². The first kappa shape index (κ1) is 10.0. The highest BCUT2D eigenvalue weighted by Gasteiger charge is 2.35. The zero-order valence-electron chi connectivity index (χ0n) is 8.01. The Morgan fingerprint density at radius 2 is 2.08 bits per heavy atom. The molecule has 2 heteroatoms. The number of rotatable bonds is 6. The van der Waals surface area contributed by atoms with E-state index >= 15 is 0 Å². The second-order valence-electron chi connectivity index (χ2n) is 3.87. The van der Waals surface area contributed by atoms with Crippen LogP contribution in [0.1, 0.15) is 39.0 Å². The van der Waals surface area contributed by atoms with Crippen LogP contribution in [0.3, 0.4) is 0 Å². The second kappa shape index (κ2) is 4.83. The highest BCUT2D eigenvalue weighted by atomic mass is 16.5. The van der Waals surface area contributed by atoms with E-state index in [4.69, 9.17) is 9.84 Å². The molecule has 0 amide bonds. The molecule has 1 aliphatic rings. The zero-order chi connectivity index (χ0) is 8.86. The van der Waals surface area contributed by atoms with Crippen molar-refractivity contribution in [2.45, 2.75) is 39.0 Å².